The molecule has 1 aliphatic rings. The predicted octanol–water partition coefficient (Wildman–Crippen LogP) is 1.30. The lowest BCUT2D eigenvalue weighted by molar-refractivity contribution is 0.580. The van der Waals surface area contributed by atoms with Crippen LogP contribution in [0.3, 0.4) is 0 Å². The molecule has 0 atom stereocenters. The minimum absolute atomic E-state index is 0.252. The van der Waals surface area contributed by atoms with Crippen molar-refractivity contribution in [2.75, 3.05) is 36.4 Å². The molecule has 1 saturated heterocycles. The highest BCUT2D eigenvalue weighted by atomic mass is 32.2. The van der Waals surface area contributed by atoms with E-state index in [4.69, 9.17) is 0 Å². The molecule has 0 aliphatic carbocycles. The van der Waals surface area contributed by atoms with Crippen molar-refractivity contribution >= 4 is 21.7 Å². The van der Waals surface area contributed by atoms with Crippen molar-refractivity contribution in [2.24, 2.45) is 0 Å². The summed E-state index contributed by atoms with van der Waals surface area (Å²) in [4.78, 5) is 11.0. The van der Waals surface area contributed by atoms with Gasteiger partial charge in [0, 0.05) is 38.8 Å². The van der Waals surface area contributed by atoms with E-state index in [0.717, 1.165) is 18.9 Å². The lowest BCUT2D eigenvalue weighted by atomic mass is 10.4. The topological polar surface area (TPSA) is 105 Å². The van der Waals surface area contributed by atoms with Gasteiger partial charge in [0.15, 0.2) is 0 Å². The fraction of sp³-hybridized carbons (Fsp3) is 0.588. The molecular weight excluding hydrogens is 366 g/mol. The molecule has 3 rings (SSSR count). The van der Waals surface area contributed by atoms with Gasteiger partial charge in [-0.25, -0.2) is 23.1 Å². The molecule has 148 valence electrons. The maximum Gasteiger partial charge on any atom is 0.244 e. The zero-order chi connectivity index (χ0) is 19.4. The molecule has 3 heterocycles. The zero-order valence-electron chi connectivity index (χ0n) is 16.1. The molecule has 27 heavy (non-hydrogen) atoms. The van der Waals surface area contributed by atoms with Crippen LogP contribution in [0, 0.1) is 13.8 Å². The Morgan fingerprint density at radius 1 is 1.15 bits per heavy atom. The van der Waals surface area contributed by atoms with Crippen LogP contribution in [-0.4, -0.2) is 54.3 Å². The number of rotatable bonds is 8. The first kappa shape index (κ1) is 19.6. The van der Waals surface area contributed by atoms with E-state index in [1.54, 1.807) is 18.5 Å². The normalized spacial score (nSPS) is 14.7. The molecule has 0 radical (unpaired) electrons. The van der Waals surface area contributed by atoms with Crippen LogP contribution in [-0.2, 0) is 16.6 Å². The maximum atomic E-state index is 12.6. The van der Waals surface area contributed by atoms with Gasteiger partial charge in [0.1, 0.15) is 22.9 Å². The van der Waals surface area contributed by atoms with Crippen molar-refractivity contribution in [1.82, 2.24) is 24.5 Å². The van der Waals surface area contributed by atoms with Crippen molar-refractivity contribution < 1.29 is 8.42 Å². The summed E-state index contributed by atoms with van der Waals surface area (Å²) in [5.74, 6) is 1.60. The van der Waals surface area contributed by atoms with E-state index < -0.39 is 10.0 Å². The highest BCUT2D eigenvalue weighted by Gasteiger charge is 2.23. The van der Waals surface area contributed by atoms with Crippen molar-refractivity contribution in [3.05, 3.63) is 23.8 Å². The van der Waals surface area contributed by atoms with Gasteiger partial charge in [-0.3, -0.25) is 4.68 Å². The van der Waals surface area contributed by atoms with E-state index in [1.807, 2.05) is 13.0 Å². The number of anilines is 2. The number of nitrogens with one attached hydrogen (secondary N) is 2. The average Bonchev–Trinajstić information content (AvgIpc) is 3.27. The van der Waals surface area contributed by atoms with E-state index >= 15 is 0 Å². The minimum Gasteiger partial charge on any atom is -0.369 e. The molecule has 0 bridgehead atoms. The first-order valence-electron chi connectivity index (χ1n) is 9.27. The Hall–Kier alpha value is -2.20. The highest BCUT2D eigenvalue weighted by Crippen LogP contribution is 2.20. The van der Waals surface area contributed by atoms with Crippen molar-refractivity contribution in [3.63, 3.8) is 0 Å². The number of aryl methyl sites for hydroxylation is 2. The molecule has 2 N–H and O–H groups in total. The van der Waals surface area contributed by atoms with Gasteiger partial charge in [0.05, 0.1) is 11.4 Å². The third-order valence-corrected chi connectivity index (χ3v) is 6.40. The quantitative estimate of drug-likeness (QED) is 0.651. The number of aromatic nitrogens is 4. The second-order valence-electron chi connectivity index (χ2n) is 6.60. The smallest absolute Gasteiger partial charge is 0.244 e. The summed E-state index contributed by atoms with van der Waals surface area (Å²) < 4.78 is 29.6. The average molecular weight is 394 g/mol. The standard InChI is InChI=1S/C17H27N7O2S/c1-4-24-14(3)17(13(2)22-24)27(25,26)21-8-7-18-15-11-16(20-12-19-15)23-9-5-6-10-23/h11-12,21H,4-10H2,1-3H3,(H,18,19,20). The SMILES string of the molecule is CCn1nc(C)c(S(=O)(=O)NCCNc2cc(N3CCCC3)ncn2)c1C. The maximum absolute atomic E-state index is 12.6. The van der Waals surface area contributed by atoms with Crippen LogP contribution in [0.1, 0.15) is 31.2 Å². The first-order chi connectivity index (χ1) is 12.9. The van der Waals surface area contributed by atoms with Crippen LogP contribution in [0.25, 0.3) is 0 Å². The van der Waals surface area contributed by atoms with Gasteiger partial charge in [0.2, 0.25) is 10.0 Å². The molecule has 1 fully saturated rings. The second kappa shape index (κ2) is 8.22. The number of sulfonamides is 1. The van der Waals surface area contributed by atoms with Crippen LogP contribution in [0.15, 0.2) is 17.3 Å². The summed E-state index contributed by atoms with van der Waals surface area (Å²) >= 11 is 0. The predicted molar refractivity (Wildman–Crippen MR) is 105 cm³/mol. The van der Waals surface area contributed by atoms with Gasteiger partial charge in [-0.05, 0) is 33.6 Å². The highest BCUT2D eigenvalue weighted by molar-refractivity contribution is 7.89. The van der Waals surface area contributed by atoms with Gasteiger partial charge in [-0.1, -0.05) is 0 Å². The largest absolute Gasteiger partial charge is 0.369 e. The van der Waals surface area contributed by atoms with Crippen molar-refractivity contribution in [3.8, 4) is 0 Å². The van der Waals surface area contributed by atoms with Gasteiger partial charge in [-0.15, -0.1) is 0 Å². The molecule has 0 saturated carbocycles. The third-order valence-electron chi connectivity index (χ3n) is 4.69. The van der Waals surface area contributed by atoms with Gasteiger partial charge in [-0.2, -0.15) is 5.10 Å². The summed E-state index contributed by atoms with van der Waals surface area (Å²) in [6, 6.07) is 1.90. The zero-order valence-corrected chi connectivity index (χ0v) is 16.9. The van der Waals surface area contributed by atoms with Crippen LogP contribution in [0.2, 0.25) is 0 Å². The summed E-state index contributed by atoms with van der Waals surface area (Å²) in [6.45, 7) is 8.77. The number of nitrogens with zero attached hydrogens (tertiary/aromatic N) is 5. The minimum atomic E-state index is -3.60. The van der Waals surface area contributed by atoms with Gasteiger partial charge < -0.3 is 10.2 Å². The van der Waals surface area contributed by atoms with Crippen LogP contribution < -0.4 is 14.9 Å². The molecule has 10 heteroatoms. The van der Waals surface area contributed by atoms with Crippen molar-refractivity contribution in [2.45, 2.75) is 45.1 Å². The van der Waals surface area contributed by atoms with Crippen LogP contribution in [0.5, 0.6) is 0 Å². The molecule has 2 aromatic heterocycles. The Kier molecular flexibility index (Phi) is 5.95. The number of hydrogen-bond donors (Lipinski definition) is 2. The Labute approximate surface area is 160 Å². The van der Waals surface area contributed by atoms with E-state index in [1.165, 1.54) is 19.2 Å². The third kappa shape index (κ3) is 4.38. The molecule has 0 amide bonds. The molecule has 1 aliphatic heterocycles. The lowest BCUT2D eigenvalue weighted by Gasteiger charge is -2.16. The fourth-order valence-corrected chi connectivity index (χ4v) is 4.83. The molecule has 0 unspecified atom stereocenters. The molecule has 2 aromatic rings. The van der Waals surface area contributed by atoms with Gasteiger partial charge in [0.25, 0.3) is 0 Å². The second-order valence-corrected chi connectivity index (χ2v) is 8.30. The Bertz CT molecular complexity index is 889. The Morgan fingerprint density at radius 3 is 2.56 bits per heavy atom. The van der Waals surface area contributed by atoms with Crippen LogP contribution in [0.4, 0.5) is 11.6 Å². The lowest BCUT2D eigenvalue weighted by Crippen LogP contribution is -2.30. The first-order valence-corrected chi connectivity index (χ1v) is 10.7. The summed E-state index contributed by atoms with van der Waals surface area (Å²) in [5.41, 5.74) is 1.17. The Balaban J connectivity index is 1.57. The van der Waals surface area contributed by atoms with Crippen LogP contribution >= 0.6 is 0 Å². The van der Waals surface area contributed by atoms with E-state index in [9.17, 15) is 8.42 Å². The monoisotopic (exact) mass is 393 g/mol. The molecule has 0 aromatic carbocycles. The van der Waals surface area contributed by atoms with E-state index in [-0.39, 0.29) is 11.4 Å². The summed E-state index contributed by atoms with van der Waals surface area (Å²) in [7, 11) is -3.60. The summed E-state index contributed by atoms with van der Waals surface area (Å²) in [6.07, 6.45) is 3.90. The van der Waals surface area contributed by atoms with Crippen molar-refractivity contribution in [1.29, 1.82) is 0 Å². The fourth-order valence-electron chi connectivity index (χ4n) is 3.39. The molecule has 9 nitrogen and oxygen atoms in total. The van der Waals surface area contributed by atoms with E-state index in [2.05, 4.69) is 30.0 Å². The summed E-state index contributed by atoms with van der Waals surface area (Å²) in [5, 5.41) is 7.43. The number of hydrogen-bond acceptors (Lipinski definition) is 7. The van der Waals surface area contributed by atoms with E-state index in [0.29, 0.717) is 30.3 Å². The molecular formula is C17H27N7O2S. The Morgan fingerprint density at radius 2 is 1.89 bits per heavy atom. The molecule has 0 spiro atoms. The van der Waals surface area contributed by atoms with Gasteiger partial charge >= 0.3 is 0 Å².